The number of nitrogens with one attached hydrogen (secondary N) is 1. The Morgan fingerprint density at radius 1 is 1.45 bits per heavy atom. The summed E-state index contributed by atoms with van der Waals surface area (Å²) in [7, 11) is 1.64. The van der Waals surface area contributed by atoms with Gasteiger partial charge in [-0.3, -0.25) is 0 Å². The van der Waals surface area contributed by atoms with Crippen LogP contribution in [0, 0.1) is 11.3 Å². The summed E-state index contributed by atoms with van der Waals surface area (Å²) in [5, 5.41) is 12.3. The standard InChI is InChI=1S/C15H18N4O/c1-3-17-10-15-18-6-7-19(15)11-13-8-12(9-16)4-5-14(13)20-2/h4-8,17H,3,10-11H2,1-2H3. The molecule has 2 rings (SSSR count). The van der Waals surface area contributed by atoms with Crippen molar-refractivity contribution in [3.8, 4) is 11.8 Å². The number of ether oxygens (including phenoxy) is 1. The molecule has 2 aromatic rings. The molecule has 1 aromatic carbocycles. The van der Waals surface area contributed by atoms with E-state index >= 15 is 0 Å². The van der Waals surface area contributed by atoms with Crippen molar-refractivity contribution in [3.63, 3.8) is 0 Å². The van der Waals surface area contributed by atoms with Gasteiger partial charge in [0, 0.05) is 18.0 Å². The van der Waals surface area contributed by atoms with Crippen LogP contribution in [-0.4, -0.2) is 23.2 Å². The SMILES string of the molecule is CCNCc1nccn1Cc1cc(C#N)ccc1OC. The monoisotopic (exact) mass is 270 g/mol. The smallest absolute Gasteiger partial charge is 0.123 e. The number of imidazole rings is 1. The molecule has 0 radical (unpaired) electrons. The highest BCUT2D eigenvalue weighted by Crippen LogP contribution is 2.21. The van der Waals surface area contributed by atoms with Gasteiger partial charge in [-0.05, 0) is 24.7 Å². The van der Waals surface area contributed by atoms with E-state index in [4.69, 9.17) is 10.00 Å². The Bertz CT molecular complexity index is 613. The van der Waals surface area contributed by atoms with E-state index < -0.39 is 0 Å². The van der Waals surface area contributed by atoms with E-state index in [9.17, 15) is 0 Å². The van der Waals surface area contributed by atoms with Gasteiger partial charge in [-0.25, -0.2) is 4.98 Å². The maximum Gasteiger partial charge on any atom is 0.123 e. The maximum absolute atomic E-state index is 9.00. The van der Waals surface area contributed by atoms with E-state index in [1.165, 1.54) is 0 Å². The quantitative estimate of drug-likeness (QED) is 0.871. The fraction of sp³-hybridized carbons (Fsp3) is 0.333. The third kappa shape index (κ3) is 3.16. The average Bonchev–Trinajstić information content (AvgIpc) is 2.92. The van der Waals surface area contributed by atoms with Crippen molar-refractivity contribution < 1.29 is 4.74 Å². The first-order chi connectivity index (χ1) is 9.78. The molecule has 5 nitrogen and oxygen atoms in total. The summed E-state index contributed by atoms with van der Waals surface area (Å²) in [4.78, 5) is 4.34. The Hall–Kier alpha value is -2.32. The third-order valence-corrected chi connectivity index (χ3v) is 3.09. The number of hydrogen-bond donors (Lipinski definition) is 1. The van der Waals surface area contributed by atoms with Crippen molar-refractivity contribution in [3.05, 3.63) is 47.5 Å². The van der Waals surface area contributed by atoms with Gasteiger partial charge >= 0.3 is 0 Å². The summed E-state index contributed by atoms with van der Waals surface area (Å²) < 4.78 is 7.41. The number of benzene rings is 1. The summed E-state index contributed by atoms with van der Waals surface area (Å²) in [6.45, 7) is 4.33. The molecule has 0 aliphatic carbocycles. The molecule has 0 unspecified atom stereocenters. The van der Waals surface area contributed by atoms with Gasteiger partial charge in [-0.2, -0.15) is 5.26 Å². The third-order valence-electron chi connectivity index (χ3n) is 3.09. The Morgan fingerprint density at radius 2 is 2.30 bits per heavy atom. The zero-order chi connectivity index (χ0) is 14.4. The minimum Gasteiger partial charge on any atom is -0.496 e. The van der Waals surface area contributed by atoms with Gasteiger partial charge in [0.1, 0.15) is 11.6 Å². The highest BCUT2D eigenvalue weighted by molar-refractivity contribution is 5.42. The molecule has 5 heteroatoms. The molecule has 0 atom stereocenters. The lowest BCUT2D eigenvalue weighted by atomic mass is 10.1. The molecule has 0 aliphatic rings. The second kappa shape index (κ2) is 6.73. The van der Waals surface area contributed by atoms with Gasteiger partial charge in [0.15, 0.2) is 0 Å². The van der Waals surface area contributed by atoms with Crippen molar-refractivity contribution in [2.24, 2.45) is 0 Å². The molecule has 0 aliphatic heterocycles. The predicted molar refractivity (Wildman–Crippen MR) is 76.4 cm³/mol. The highest BCUT2D eigenvalue weighted by Gasteiger charge is 2.08. The molecule has 0 bridgehead atoms. The molecule has 104 valence electrons. The minimum absolute atomic E-state index is 0.633. The number of rotatable bonds is 6. The first kappa shape index (κ1) is 14.1. The molecule has 0 amide bonds. The van der Waals surface area contributed by atoms with E-state index in [-0.39, 0.29) is 0 Å². The summed E-state index contributed by atoms with van der Waals surface area (Å²) in [5.74, 6) is 1.75. The summed E-state index contributed by atoms with van der Waals surface area (Å²) in [6.07, 6.45) is 3.72. The number of methoxy groups -OCH3 is 1. The van der Waals surface area contributed by atoms with E-state index in [0.717, 1.165) is 30.2 Å². The van der Waals surface area contributed by atoms with Crippen LogP contribution in [-0.2, 0) is 13.1 Å². The summed E-state index contributed by atoms with van der Waals surface area (Å²) in [5.41, 5.74) is 1.61. The summed E-state index contributed by atoms with van der Waals surface area (Å²) >= 11 is 0. The van der Waals surface area contributed by atoms with Crippen LogP contribution in [0.15, 0.2) is 30.6 Å². The van der Waals surface area contributed by atoms with E-state index in [2.05, 4.69) is 27.9 Å². The largest absolute Gasteiger partial charge is 0.496 e. The van der Waals surface area contributed by atoms with Crippen LogP contribution in [0.25, 0.3) is 0 Å². The fourth-order valence-electron chi connectivity index (χ4n) is 2.04. The predicted octanol–water partition coefficient (Wildman–Crippen LogP) is 1.92. The highest BCUT2D eigenvalue weighted by atomic mass is 16.5. The van der Waals surface area contributed by atoms with Crippen LogP contribution in [0.4, 0.5) is 0 Å². The van der Waals surface area contributed by atoms with E-state index in [1.54, 1.807) is 19.4 Å². The molecule has 20 heavy (non-hydrogen) atoms. The van der Waals surface area contributed by atoms with E-state index in [0.29, 0.717) is 12.1 Å². The molecular formula is C15H18N4O. The molecule has 1 N–H and O–H groups in total. The first-order valence-electron chi connectivity index (χ1n) is 6.56. The Balaban J connectivity index is 2.25. The second-order valence-corrected chi connectivity index (χ2v) is 4.39. The van der Waals surface area contributed by atoms with Gasteiger partial charge in [-0.15, -0.1) is 0 Å². The Morgan fingerprint density at radius 3 is 3.00 bits per heavy atom. The van der Waals surface area contributed by atoms with Gasteiger partial charge < -0.3 is 14.6 Å². The van der Waals surface area contributed by atoms with Gasteiger partial charge in [0.25, 0.3) is 0 Å². The van der Waals surface area contributed by atoms with Crippen molar-refractivity contribution in [1.82, 2.24) is 14.9 Å². The summed E-state index contributed by atoms with van der Waals surface area (Å²) in [6, 6.07) is 7.60. The second-order valence-electron chi connectivity index (χ2n) is 4.39. The van der Waals surface area contributed by atoms with Gasteiger partial charge in [0.05, 0.1) is 31.8 Å². The van der Waals surface area contributed by atoms with Gasteiger partial charge in [-0.1, -0.05) is 6.92 Å². The van der Waals surface area contributed by atoms with Crippen LogP contribution in [0.2, 0.25) is 0 Å². The number of nitriles is 1. The fourth-order valence-corrected chi connectivity index (χ4v) is 2.04. The number of aromatic nitrogens is 2. The molecule has 0 fully saturated rings. The lowest BCUT2D eigenvalue weighted by molar-refractivity contribution is 0.408. The van der Waals surface area contributed by atoms with Crippen LogP contribution in [0.5, 0.6) is 5.75 Å². The molecule has 1 aromatic heterocycles. The van der Waals surface area contributed by atoms with Crippen LogP contribution < -0.4 is 10.1 Å². The zero-order valence-electron chi connectivity index (χ0n) is 11.8. The minimum atomic E-state index is 0.633. The zero-order valence-corrected chi connectivity index (χ0v) is 11.8. The Labute approximate surface area is 118 Å². The van der Waals surface area contributed by atoms with Gasteiger partial charge in [0.2, 0.25) is 0 Å². The first-order valence-corrected chi connectivity index (χ1v) is 6.56. The average molecular weight is 270 g/mol. The lowest BCUT2D eigenvalue weighted by Crippen LogP contribution is -2.16. The molecule has 1 heterocycles. The molecular weight excluding hydrogens is 252 g/mol. The van der Waals surface area contributed by atoms with Crippen molar-refractivity contribution in [1.29, 1.82) is 5.26 Å². The topological polar surface area (TPSA) is 62.9 Å². The van der Waals surface area contributed by atoms with Crippen LogP contribution in [0.3, 0.4) is 0 Å². The maximum atomic E-state index is 9.00. The normalized spacial score (nSPS) is 10.2. The molecule has 0 saturated heterocycles. The molecule has 0 saturated carbocycles. The van der Waals surface area contributed by atoms with E-state index in [1.807, 2.05) is 18.3 Å². The number of hydrogen-bond acceptors (Lipinski definition) is 4. The van der Waals surface area contributed by atoms with Crippen LogP contribution in [0.1, 0.15) is 23.9 Å². The number of nitrogens with zero attached hydrogens (tertiary/aromatic N) is 3. The lowest BCUT2D eigenvalue weighted by Gasteiger charge is -2.12. The molecule has 0 spiro atoms. The van der Waals surface area contributed by atoms with Crippen LogP contribution >= 0.6 is 0 Å². The van der Waals surface area contributed by atoms with Crippen molar-refractivity contribution >= 4 is 0 Å². The van der Waals surface area contributed by atoms with Crippen molar-refractivity contribution in [2.75, 3.05) is 13.7 Å². The van der Waals surface area contributed by atoms with Crippen molar-refractivity contribution in [2.45, 2.75) is 20.0 Å². The Kier molecular flexibility index (Phi) is 4.75.